The molecule has 736 valence electrons. The molecular weight excluding hydrogens is 1970 g/mol. The van der Waals surface area contributed by atoms with Crippen LogP contribution in [-0.4, -0.2) is 270 Å². The van der Waals surface area contributed by atoms with Crippen LogP contribution in [0.5, 0.6) is 0 Å². The number of aliphatic carboxylic acids is 3. The van der Waals surface area contributed by atoms with Crippen LogP contribution in [0.3, 0.4) is 0 Å². The number of ether oxygens (including phenoxy) is 12. The molecule has 4 rings (SSSR count). The van der Waals surface area contributed by atoms with Gasteiger partial charge in [-0.1, -0.05) is 73.2 Å². The van der Waals surface area contributed by atoms with Crippen LogP contribution in [0.2, 0.25) is 0 Å². The van der Waals surface area contributed by atoms with Gasteiger partial charge in [0.25, 0.3) is 0 Å². The molecule has 0 amide bonds. The molecule has 0 bridgehead atoms. The largest absolute Gasteiger partial charge is 2.00 e. The third-order valence-electron chi connectivity index (χ3n) is 18.1. The summed E-state index contributed by atoms with van der Waals surface area (Å²) in [4.78, 5) is 276. The van der Waals surface area contributed by atoms with E-state index in [1.165, 1.54) is 64.0 Å². The first-order valence-corrected chi connectivity index (χ1v) is 41.6. The summed E-state index contributed by atoms with van der Waals surface area (Å²) in [7, 11) is 14.2. The first-order chi connectivity index (χ1) is 60.7. The zero-order valence-corrected chi connectivity index (χ0v) is 87.0. The van der Waals surface area contributed by atoms with Gasteiger partial charge in [-0.3, -0.25) is 110 Å². The van der Waals surface area contributed by atoms with Crippen LogP contribution >= 0.6 is 39.1 Å². The van der Waals surface area contributed by atoms with Crippen molar-refractivity contribution in [1.29, 1.82) is 0 Å². The van der Waals surface area contributed by atoms with Gasteiger partial charge in [0.2, 0.25) is 22.3 Å². The molecule has 0 saturated heterocycles. The van der Waals surface area contributed by atoms with Gasteiger partial charge in [-0.05, 0) is 104 Å². The number of allylic oxidation sites excluding steroid dienone is 6. The van der Waals surface area contributed by atoms with Crippen molar-refractivity contribution in [2.45, 2.75) is 202 Å². The molecule has 2 N–H and O–H groups in total. The Hall–Kier alpha value is -8.35. The Labute approximate surface area is 854 Å². The molecule has 46 heteroatoms. The third kappa shape index (κ3) is 63.8. The van der Waals surface area contributed by atoms with E-state index >= 15 is 0 Å². The standard InChI is InChI=1S/C15H22O5.C13H20O3.C12H14O10.C10H14O6.C10H14O5.C10H12O5.C5H9Br.C4H4Cl2O2.C4H6O4.C3H7.BrH.K.Mg/c1-4-5-6-9-15(14(18)20-3)11(7-8-12(15)16)10-13(17)19-2;1-3-4-5-6-11-10(7-8-12(11)14)9-13(15)16-2;1-21-11(19)7(9(15)16)5(13)3-4-6(14)8(10(17)18)12(20)22-2;1-15-9(13)5-7(11)3-4-8(12)6-10(14)16-2;2*1-14-8(12)5-6-3-4-7(11)9(6)10(13)15-2;1-2-3-4-5-6;5-3(7)1-2-4(6)8;1-8-4(7)2-3(5)6;1-3-2;;;/h5-6,11H,4,7-10H2,1-3H3;4-5,10-11H,3,6-9H2,1-2H3;7-8H,3-4H2,1-2H3,(H,15,16)(H,17,18);3-6H2,1-2H3;6,9H,3-5H2,1-2H3;3-5H2,1-2H3;3-4H,2,5H2,1H3;1-2H2;2H2,1H3,(H,5,6);3H,1-2H3;1H;;/q;;;;;;;;;-1;;+1;+2/p-2/b6-5-;5-4-;;;;;4-3-;;;;;;. The van der Waals surface area contributed by atoms with Crippen LogP contribution in [0.1, 0.15) is 202 Å². The molecule has 8 unspecified atom stereocenters. The first-order valence-electron chi connectivity index (χ1n) is 39.8. The molecule has 0 heterocycles. The smallest absolute Gasteiger partial charge is 1.00 e. The van der Waals surface area contributed by atoms with E-state index in [0.717, 1.165) is 58.8 Å². The van der Waals surface area contributed by atoms with Crippen molar-refractivity contribution in [3.63, 3.8) is 0 Å². The zero-order chi connectivity index (χ0) is 101. The minimum atomic E-state index is -2.11. The molecule has 0 radical (unpaired) electrons. The van der Waals surface area contributed by atoms with Crippen LogP contribution in [0, 0.1) is 53.3 Å². The van der Waals surface area contributed by atoms with E-state index in [2.05, 4.69) is 106 Å². The molecule has 40 nitrogen and oxygen atoms in total. The second-order valence-electron chi connectivity index (χ2n) is 27.0. The fourth-order valence-corrected chi connectivity index (χ4v) is 12.0. The summed E-state index contributed by atoms with van der Waals surface area (Å²) >= 11 is 13.0. The molecule has 4 aliphatic carbocycles. The molecule has 0 aromatic heterocycles. The average molecular weight is 2090 g/mol. The second-order valence-corrected chi connectivity index (χ2v) is 28.5. The molecular formula is C86H121Br2Cl2KMgO40. The van der Waals surface area contributed by atoms with E-state index in [1.807, 2.05) is 39.3 Å². The van der Waals surface area contributed by atoms with Crippen molar-refractivity contribution in [3.8, 4) is 0 Å². The van der Waals surface area contributed by atoms with Gasteiger partial charge in [-0.25, -0.2) is 4.79 Å². The average Bonchev–Trinajstić information content (AvgIpc) is 1.60. The van der Waals surface area contributed by atoms with E-state index in [4.69, 9.17) is 38.2 Å². The second kappa shape index (κ2) is 85.6. The number of carbonyl (C=O) groups is 25. The molecule has 3 fully saturated rings. The number of Topliss-reactive ketones (excluding diaryl/α,β-unsaturated/α-hetero) is 8. The minimum absolute atomic E-state index is 0. The molecule has 4 aliphatic rings. The predicted molar refractivity (Wildman–Crippen MR) is 460 cm³/mol. The summed E-state index contributed by atoms with van der Waals surface area (Å²) in [6.45, 7) is 10.2. The number of hydrogen-bond donors (Lipinski definition) is 2. The Morgan fingerprint density at radius 1 is 0.470 bits per heavy atom. The Balaban J connectivity index is -0.000000186. The number of ketones is 8. The number of alkyl halides is 1. The summed E-state index contributed by atoms with van der Waals surface area (Å²) in [6, 6.07) is 0. The Morgan fingerprint density at radius 2 is 0.864 bits per heavy atom. The summed E-state index contributed by atoms with van der Waals surface area (Å²) in [5.74, 6) is -21.5. The van der Waals surface area contributed by atoms with Gasteiger partial charge < -0.3 is 100 Å². The fourth-order valence-electron chi connectivity index (χ4n) is 11.5. The SMILES string of the molecule is CC/C=C\CBr.CC/C=C\CC1(C(=O)OC)C(=O)CCC1CC(=O)OC.CC/C=C\CC1C(=O)CCC1CC(=O)OC.COC(=O)C(C(=O)O)C(=O)CCC(=O)C(C(=O)O)C(=O)OC.COC(=O)CC(=O)CCC(=O)CC(=O)OC.COC(=O)CC(=O)[O-].COC(=O)CC1=C(C(=O)OC)C(=O)CC1.COC(=O)CC1CCC(=O)C1C(=O)OC.C[CH-]C.O=C(Cl)CCC(=O)Cl.[Br-].[K+].[Mg+2]. The summed E-state index contributed by atoms with van der Waals surface area (Å²) in [5.41, 5.74) is -0.698. The van der Waals surface area contributed by atoms with Gasteiger partial charge in [-0.2, -0.15) is 13.8 Å². The minimum Gasteiger partial charge on any atom is -1.00 e. The van der Waals surface area contributed by atoms with Crippen LogP contribution < -0.4 is 73.5 Å². The number of carboxylic acid groups (broad SMARTS) is 3. The zero-order valence-electron chi connectivity index (χ0n) is 77.8. The van der Waals surface area contributed by atoms with E-state index < -0.39 is 148 Å². The number of esters is 12. The van der Waals surface area contributed by atoms with E-state index in [0.29, 0.717) is 56.3 Å². The van der Waals surface area contributed by atoms with E-state index in [1.54, 1.807) is 0 Å². The molecule has 0 aromatic rings. The van der Waals surface area contributed by atoms with Gasteiger partial charge in [0.1, 0.15) is 52.9 Å². The molecule has 3 saturated carbocycles. The van der Waals surface area contributed by atoms with Crippen LogP contribution in [0.4, 0.5) is 0 Å². The van der Waals surface area contributed by atoms with Gasteiger partial charge in [0.15, 0.2) is 23.1 Å². The Kier molecular flexibility index (Phi) is 91.7. The van der Waals surface area contributed by atoms with Gasteiger partial charge in [-0.15, -0.1) is 0 Å². The summed E-state index contributed by atoms with van der Waals surface area (Å²) < 4.78 is 53.0. The monoisotopic (exact) mass is 2080 g/mol. The Morgan fingerprint density at radius 3 is 1.22 bits per heavy atom. The number of rotatable bonds is 40. The van der Waals surface area contributed by atoms with Crippen molar-refractivity contribution in [2.75, 3.05) is 90.6 Å². The Bertz CT molecular complexity index is 3800. The molecule has 8 atom stereocenters. The maximum Gasteiger partial charge on any atom is 2.00 e. The van der Waals surface area contributed by atoms with Gasteiger partial charge in [0, 0.05) is 94.7 Å². The number of hydrogen-bond acceptors (Lipinski definition) is 38. The fraction of sp³-hybridized carbons (Fsp3) is 0.605. The van der Waals surface area contributed by atoms with Crippen molar-refractivity contribution in [2.24, 2.45) is 46.8 Å². The molecule has 0 spiro atoms. The van der Waals surface area contributed by atoms with E-state index in [-0.39, 0.29) is 226 Å². The maximum atomic E-state index is 12.3. The van der Waals surface area contributed by atoms with Crippen molar-refractivity contribution < 1.29 is 260 Å². The molecule has 132 heavy (non-hydrogen) atoms. The number of halogens is 4. The first kappa shape index (κ1) is 142. The maximum absolute atomic E-state index is 12.3. The third-order valence-corrected chi connectivity index (χ3v) is 18.8. The van der Waals surface area contributed by atoms with Crippen LogP contribution in [-0.2, 0) is 177 Å². The normalized spacial score (nSPS) is 16.5. The van der Waals surface area contributed by atoms with Crippen LogP contribution in [0.15, 0.2) is 47.6 Å². The number of methoxy groups -OCH3 is 12. The summed E-state index contributed by atoms with van der Waals surface area (Å²) in [5, 5.41) is 27.0. The van der Waals surface area contributed by atoms with Crippen LogP contribution in [0.25, 0.3) is 0 Å². The predicted octanol–water partition coefficient (Wildman–Crippen LogP) is 0.731. The van der Waals surface area contributed by atoms with Crippen molar-refractivity contribution in [1.82, 2.24) is 0 Å². The topological polar surface area (TPSA) is 601 Å². The number of carbonyl (C=O) groups excluding carboxylic acids is 23. The quantitative estimate of drug-likeness (QED) is 0.00982. The van der Waals surface area contributed by atoms with Crippen molar-refractivity contribution >= 4 is 208 Å². The van der Waals surface area contributed by atoms with Gasteiger partial charge >= 0.3 is 158 Å². The van der Waals surface area contributed by atoms with Crippen molar-refractivity contribution in [3.05, 3.63) is 54.0 Å². The van der Waals surface area contributed by atoms with E-state index in [9.17, 15) is 125 Å². The number of carboxylic acids is 3. The molecule has 0 aliphatic heterocycles. The van der Waals surface area contributed by atoms with Gasteiger partial charge in [0.05, 0.1) is 104 Å². The summed E-state index contributed by atoms with van der Waals surface area (Å²) in [6.07, 6.45) is 19.6. The molecule has 0 aromatic carbocycles.